The zero-order valence-electron chi connectivity index (χ0n) is 9.01. The highest BCUT2D eigenvalue weighted by Gasteiger charge is 2.23. The highest BCUT2D eigenvalue weighted by atomic mass is 35.5. The minimum absolute atomic E-state index is 0.195. The van der Waals surface area contributed by atoms with Crippen LogP contribution >= 0.6 is 11.6 Å². The van der Waals surface area contributed by atoms with E-state index in [4.69, 9.17) is 20.3 Å². The highest BCUT2D eigenvalue weighted by molar-refractivity contribution is 7.86. The summed E-state index contributed by atoms with van der Waals surface area (Å²) < 4.78 is 32.2. The van der Waals surface area contributed by atoms with Gasteiger partial charge in [0.1, 0.15) is 0 Å². The van der Waals surface area contributed by atoms with E-state index in [-0.39, 0.29) is 5.76 Å². The average Bonchev–Trinajstić information content (AvgIpc) is 2.68. The van der Waals surface area contributed by atoms with E-state index >= 15 is 0 Å². The van der Waals surface area contributed by atoms with E-state index in [2.05, 4.69) is 5.16 Å². The van der Waals surface area contributed by atoms with Crippen molar-refractivity contribution in [1.82, 2.24) is 5.16 Å². The van der Waals surface area contributed by atoms with Crippen LogP contribution in [0.15, 0.2) is 33.7 Å². The Hall–Kier alpha value is -1.27. The van der Waals surface area contributed by atoms with Crippen LogP contribution in [0.25, 0.3) is 5.57 Å². The van der Waals surface area contributed by atoms with Crippen LogP contribution in [0.4, 0.5) is 0 Å². The molecule has 1 aromatic rings. The van der Waals surface area contributed by atoms with E-state index < -0.39 is 10.1 Å². The molecule has 0 aliphatic heterocycles. The normalized spacial score (nSPS) is 16.9. The molecule has 1 heterocycles. The van der Waals surface area contributed by atoms with E-state index in [1.54, 1.807) is 12.1 Å². The van der Waals surface area contributed by atoms with E-state index in [1.807, 2.05) is 0 Å². The molecule has 7 heteroatoms. The minimum Gasteiger partial charge on any atom is -0.382 e. The van der Waals surface area contributed by atoms with Gasteiger partial charge < -0.3 is 8.71 Å². The molecule has 0 atom stereocenters. The first-order valence-electron chi connectivity index (χ1n) is 4.87. The third kappa shape index (κ3) is 2.89. The molecule has 0 N–H and O–H groups in total. The standard InChI is InChI=1S/C10H10ClNO4S/c1-17(13,14)16-9-4-2-3-7(11)10(9)8-5-6-12-15-8/h4-6H,2-3H2,1H3. The van der Waals surface area contributed by atoms with Crippen LogP contribution in [0, 0.1) is 0 Å². The van der Waals surface area contributed by atoms with Gasteiger partial charge in [0.2, 0.25) is 0 Å². The Kier molecular flexibility index (Phi) is 3.26. The molecule has 92 valence electrons. The van der Waals surface area contributed by atoms with Gasteiger partial charge in [-0.15, -0.1) is 0 Å². The molecule has 0 saturated carbocycles. The number of rotatable bonds is 3. The second-order valence-electron chi connectivity index (χ2n) is 3.55. The molecular formula is C10H10ClNO4S. The van der Waals surface area contributed by atoms with Crippen molar-refractivity contribution in [2.75, 3.05) is 6.26 Å². The molecular weight excluding hydrogens is 266 g/mol. The fraction of sp³-hybridized carbons (Fsp3) is 0.300. The first-order chi connectivity index (χ1) is 7.97. The number of nitrogens with zero attached hydrogens (tertiary/aromatic N) is 1. The van der Waals surface area contributed by atoms with E-state index in [0.717, 1.165) is 6.26 Å². The van der Waals surface area contributed by atoms with Crippen molar-refractivity contribution in [1.29, 1.82) is 0 Å². The zero-order valence-corrected chi connectivity index (χ0v) is 10.6. The first-order valence-corrected chi connectivity index (χ1v) is 7.06. The van der Waals surface area contributed by atoms with E-state index in [0.29, 0.717) is 29.2 Å². The summed E-state index contributed by atoms with van der Waals surface area (Å²) in [6, 6.07) is 1.60. The molecule has 2 rings (SSSR count). The summed E-state index contributed by atoms with van der Waals surface area (Å²) in [5, 5.41) is 4.07. The Bertz CT molecular complexity index is 571. The van der Waals surface area contributed by atoms with Crippen LogP contribution in [0.3, 0.4) is 0 Å². The Morgan fingerprint density at radius 3 is 2.88 bits per heavy atom. The number of halogens is 1. The second kappa shape index (κ2) is 4.54. The average molecular weight is 276 g/mol. The van der Waals surface area contributed by atoms with E-state index in [1.165, 1.54) is 6.20 Å². The lowest BCUT2D eigenvalue weighted by Crippen LogP contribution is -2.07. The molecule has 17 heavy (non-hydrogen) atoms. The third-order valence-electron chi connectivity index (χ3n) is 2.14. The number of hydrogen-bond acceptors (Lipinski definition) is 5. The molecule has 1 aliphatic rings. The Morgan fingerprint density at radius 2 is 2.29 bits per heavy atom. The summed E-state index contributed by atoms with van der Waals surface area (Å²) in [6.45, 7) is 0. The Labute approximate surface area is 104 Å². The van der Waals surface area contributed by atoms with Crippen molar-refractivity contribution in [2.45, 2.75) is 12.8 Å². The van der Waals surface area contributed by atoms with Crippen LogP contribution in [0.1, 0.15) is 18.6 Å². The summed E-state index contributed by atoms with van der Waals surface area (Å²) in [5.41, 5.74) is 0.445. The maximum atomic E-state index is 11.1. The molecule has 0 aromatic carbocycles. The lowest BCUT2D eigenvalue weighted by molar-refractivity contribution is 0.396. The fourth-order valence-electron chi connectivity index (χ4n) is 1.53. The largest absolute Gasteiger partial charge is 0.382 e. The molecule has 1 aromatic heterocycles. The molecule has 5 nitrogen and oxygen atoms in total. The summed E-state index contributed by atoms with van der Waals surface area (Å²) in [7, 11) is -3.59. The van der Waals surface area contributed by atoms with Gasteiger partial charge in [-0.2, -0.15) is 8.42 Å². The van der Waals surface area contributed by atoms with Gasteiger partial charge in [0.05, 0.1) is 18.0 Å². The maximum Gasteiger partial charge on any atom is 0.306 e. The van der Waals surface area contributed by atoms with Gasteiger partial charge >= 0.3 is 10.1 Å². The van der Waals surface area contributed by atoms with Crippen LogP contribution < -0.4 is 0 Å². The number of aromatic nitrogens is 1. The maximum absolute atomic E-state index is 11.1. The predicted molar refractivity (Wildman–Crippen MR) is 62.5 cm³/mol. The molecule has 1 aliphatic carbocycles. The zero-order chi connectivity index (χ0) is 12.5. The van der Waals surface area contributed by atoms with Crippen molar-refractivity contribution in [3.05, 3.63) is 34.9 Å². The van der Waals surface area contributed by atoms with Gasteiger partial charge in [0.25, 0.3) is 0 Å². The second-order valence-corrected chi connectivity index (χ2v) is 5.58. The van der Waals surface area contributed by atoms with Crippen LogP contribution in [-0.2, 0) is 14.3 Å². The molecule has 0 radical (unpaired) electrons. The van der Waals surface area contributed by atoms with Crippen molar-refractivity contribution >= 4 is 27.3 Å². The van der Waals surface area contributed by atoms with Crippen molar-refractivity contribution in [2.24, 2.45) is 0 Å². The molecule has 0 fully saturated rings. The van der Waals surface area contributed by atoms with Crippen LogP contribution in [-0.4, -0.2) is 19.8 Å². The molecule has 0 saturated heterocycles. The first kappa shape index (κ1) is 12.2. The topological polar surface area (TPSA) is 69.4 Å². The van der Waals surface area contributed by atoms with Crippen molar-refractivity contribution in [3.8, 4) is 0 Å². The van der Waals surface area contributed by atoms with Gasteiger partial charge in [-0.25, -0.2) is 0 Å². The molecule has 0 bridgehead atoms. The Morgan fingerprint density at radius 1 is 1.53 bits per heavy atom. The van der Waals surface area contributed by atoms with Gasteiger partial charge in [0.15, 0.2) is 11.5 Å². The van der Waals surface area contributed by atoms with Crippen LogP contribution in [0.5, 0.6) is 0 Å². The lowest BCUT2D eigenvalue weighted by Gasteiger charge is -2.15. The quantitative estimate of drug-likeness (QED) is 0.792. The van der Waals surface area contributed by atoms with Gasteiger partial charge in [0, 0.05) is 11.1 Å². The van der Waals surface area contributed by atoms with Crippen LogP contribution in [0.2, 0.25) is 0 Å². The van der Waals surface area contributed by atoms with Crippen molar-refractivity contribution < 1.29 is 17.1 Å². The molecule has 0 unspecified atom stereocenters. The molecule has 0 spiro atoms. The van der Waals surface area contributed by atoms with E-state index in [9.17, 15) is 8.42 Å². The summed E-state index contributed by atoms with van der Waals surface area (Å²) >= 11 is 6.07. The monoisotopic (exact) mass is 275 g/mol. The van der Waals surface area contributed by atoms with Gasteiger partial charge in [-0.05, 0) is 18.9 Å². The third-order valence-corrected chi connectivity index (χ3v) is 3.00. The van der Waals surface area contributed by atoms with Gasteiger partial charge in [-0.3, -0.25) is 0 Å². The lowest BCUT2D eigenvalue weighted by atomic mass is 10.0. The minimum atomic E-state index is -3.59. The summed E-state index contributed by atoms with van der Waals surface area (Å²) in [6.07, 6.45) is 5.36. The number of hydrogen-bond donors (Lipinski definition) is 0. The fourth-order valence-corrected chi connectivity index (χ4v) is 2.30. The molecule has 0 amide bonds. The predicted octanol–water partition coefficient (Wildman–Crippen LogP) is 2.28. The smallest absolute Gasteiger partial charge is 0.306 e. The van der Waals surface area contributed by atoms with Crippen molar-refractivity contribution in [3.63, 3.8) is 0 Å². The van der Waals surface area contributed by atoms with Gasteiger partial charge in [-0.1, -0.05) is 16.8 Å². The summed E-state index contributed by atoms with van der Waals surface area (Å²) in [5.74, 6) is 0.588. The SMILES string of the molecule is CS(=O)(=O)OC1=CCCC(Cl)=C1c1ccno1. The summed E-state index contributed by atoms with van der Waals surface area (Å²) in [4.78, 5) is 0. The number of allylic oxidation sites excluding steroid dienone is 3. The highest BCUT2D eigenvalue weighted by Crippen LogP contribution is 2.36. The Balaban J connectivity index is 2.41.